The number of benzene rings is 6. The van der Waals surface area contributed by atoms with E-state index in [-0.39, 0.29) is 0 Å². The molecular formula is C41H25N3OS. The number of hydrogen-bond donors (Lipinski definition) is 0. The second-order valence-corrected chi connectivity index (χ2v) is 12.3. The summed E-state index contributed by atoms with van der Waals surface area (Å²) in [6.07, 6.45) is 0. The Balaban J connectivity index is 1.21. The third-order valence-electron chi connectivity index (χ3n) is 8.34. The first-order valence-electron chi connectivity index (χ1n) is 15.2. The van der Waals surface area contributed by atoms with Gasteiger partial charge in [0.15, 0.2) is 11.4 Å². The summed E-state index contributed by atoms with van der Waals surface area (Å²) in [6, 6.07) is 52.2. The molecule has 0 saturated carbocycles. The first kappa shape index (κ1) is 26.5. The largest absolute Gasteiger partial charge is 0.436 e. The Kier molecular flexibility index (Phi) is 6.28. The average molecular weight is 608 g/mol. The summed E-state index contributed by atoms with van der Waals surface area (Å²) in [6.45, 7) is 0. The van der Waals surface area contributed by atoms with E-state index in [0.717, 1.165) is 50.3 Å². The Morgan fingerprint density at radius 3 is 2.02 bits per heavy atom. The molecule has 9 aromatic rings. The van der Waals surface area contributed by atoms with Crippen LogP contribution in [0.5, 0.6) is 0 Å². The maximum absolute atomic E-state index is 6.09. The molecule has 5 heteroatoms. The third kappa shape index (κ3) is 4.66. The molecule has 4 nitrogen and oxygen atoms in total. The van der Waals surface area contributed by atoms with E-state index in [1.807, 2.05) is 48.5 Å². The number of para-hydroxylation sites is 2. The maximum Gasteiger partial charge on any atom is 0.227 e. The molecule has 0 spiro atoms. The van der Waals surface area contributed by atoms with Crippen LogP contribution in [-0.4, -0.2) is 15.0 Å². The van der Waals surface area contributed by atoms with Crippen molar-refractivity contribution in [2.75, 3.05) is 0 Å². The van der Waals surface area contributed by atoms with Crippen molar-refractivity contribution >= 4 is 42.6 Å². The van der Waals surface area contributed by atoms with Gasteiger partial charge in [-0.3, -0.25) is 0 Å². The van der Waals surface area contributed by atoms with Crippen molar-refractivity contribution in [2.45, 2.75) is 0 Å². The number of rotatable bonds is 5. The molecule has 0 fully saturated rings. The topological polar surface area (TPSA) is 51.8 Å². The number of hydrogen-bond acceptors (Lipinski definition) is 5. The van der Waals surface area contributed by atoms with Crippen molar-refractivity contribution in [1.82, 2.24) is 15.0 Å². The van der Waals surface area contributed by atoms with Crippen molar-refractivity contribution < 1.29 is 4.42 Å². The van der Waals surface area contributed by atoms with E-state index in [0.29, 0.717) is 11.7 Å². The Morgan fingerprint density at radius 2 is 1.17 bits per heavy atom. The van der Waals surface area contributed by atoms with Crippen molar-refractivity contribution in [3.63, 3.8) is 0 Å². The summed E-state index contributed by atoms with van der Waals surface area (Å²) in [7, 11) is 0. The summed E-state index contributed by atoms with van der Waals surface area (Å²) in [5.74, 6) is 1.33. The van der Waals surface area contributed by atoms with Gasteiger partial charge in [0.05, 0.1) is 11.4 Å². The summed E-state index contributed by atoms with van der Waals surface area (Å²) in [5, 5.41) is 2.37. The zero-order valence-corrected chi connectivity index (χ0v) is 25.4. The Labute approximate surface area is 269 Å². The Hall–Kier alpha value is -5.91. The van der Waals surface area contributed by atoms with E-state index in [2.05, 4.69) is 103 Å². The van der Waals surface area contributed by atoms with Gasteiger partial charge in [0, 0.05) is 42.4 Å². The summed E-state index contributed by atoms with van der Waals surface area (Å²) in [4.78, 5) is 15.0. The summed E-state index contributed by atoms with van der Waals surface area (Å²) >= 11 is 1.77. The molecule has 3 aromatic heterocycles. The van der Waals surface area contributed by atoms with E-state index in [1.165, 1.54) is 25.7 Å². The lowest BCUT2D eigenvalue weighted by atomic mass is 9.99. The Bertz CT molecular complexity index is 2500. The molecule has 0 atom stereocenters. The van der Waals surface area contributed by atoms with Crippen LogP contribution in [0.15, 0.2) is 156 Å². The van der Waals surface area contributed by atoms with Crippen LogP contribution >= 0.6 is 11.3 Å². The van der Waals surface area contributed by atoms with Gasteiger partial charge in [0.1, 0.15) is 5.52 Å². The minimum atomic E-state index is 0.631. The Morgan fingerprint density at radius 1 is 0.457 bits per heavy atom. The number of fused-ring (bicyclic) bond motifs is 4. The van der Waals surface area contributed by atoms with E-state index in [1.54, 1.807) is 11.3 Å². The van der Waals surface area contributed by atoms with E-state index >= 15 is 0 Å². The fourth-order valence-electron chi connectivity index (χ4n) is 6.11. The van der Waals surface area contributed by atoms with Gasteiger partial charge in [-0.1, -0.05) is 109 Å². The summed E-state index contributed by atoms with van der Waals surface area (Å²) in [5.41, 5.74) is 9.83. The molecule has 0 aliphatic rings. The van der Waals surface area contributed by atoms with Crippen LogP contribution in [0, 0.1) is 0 Å². The van der Waals surface area contributed by atoms with Crippen molar-refractivity contribution in [3.8, 4) is 56.5 Å². The van der Waals surface area contributed by atoms with Crippen LogP contribution < -0.4 is 0 Å². The second kappa shape index (κ2) is 10.9. The lowest BCUT2D eigenvalue weighted by molar-refractivity contribution is 0.620. The molecule has 3 heterocycles. The van der Waals surface area contributed by atoms with Gasteiger partial charge >= 0.3 is 0 Å². The lowest BCUT2D eigenvalue weighted by Crippen LogP contribution is -1.96. The van der Waals surface area contributed by atoms with Crippen molar-refractivity contribution in [1.29, 1.82) is 0 Å². The zero-order chi connectivity index (χ0) is 30.5. The van der Waals surface area contributed by atoms with Gasteiger partial charge in [0.2, 0.25) is 5.89 Å². The highest BCUT2D eigenvalue weighted by atomic mass is 32.1. The first-order chi connectivity index (χ1) is 22.8. The average Bonchev–Trinajstić information content (AvgIpc) is 3.74. The van der Waals surface area contributed by atoms with Gasteiger partial charge in [-0.2, -0.15) is 0 Å². The van der Waals surface area contributed by atoms with Crippen molar-refractivity contribution in [3.05, 3.63) is 152 Å². The maximum atomic E-state index is 6.09. The predicted octanol–water partition coefficient (Wildman–Crippen LogP) is 11.3. The molecule has 9 rings (SSSR count). The highest BCUT2D eigenvalue weighted by Crippen LogP contribution is 2.42. The van der Waals surface area contributed by atoms with Crippen LogP contribution in [0.2, 0.25) is 0 Å². The van der Waals surface area contributed by atoms with Crippen LogP contribution in [0.4, 0.5) is 0 Å². The molecule has 0 bridgehead atoms. The highest BCUT2D eigenvalue weighted by molar-refractivity contribution is 7.26. The van der Waals surface area contributed by atoms with Gasteiger partial charge in [-0.05, 0) is 53.6 Å². The molecule has 0 aliphatic heterocycles. The summed E-state index contributed by atoms with van der Waals surface area (Å²) < 4.78 is 8.47. The van der Waals surface area contributed by atoms with Crippen LogP contribution in [0.25, 0.3) is 87.8 Å². The van der Waals surface area contributed by atoms with Gasteiger partial charge in [-0.15, -0.1) is 11.3 Å². The first-order valence-corrected chi connectivity index (χ1v) is 16.0. The van der Waals surface area contributed by atoms with Gasteiger partial charge in [-0.25, -0.2) is 15.0 Å². The number of nitrogens with zero attached hydrogens (tertiary/aromatic N) is 3. The van der Waals surface area contributed by atoms with E-state index in [9.17, 15) is 0 Å². The molecule has 0 unspecified atom stereocenters. The molecule has 0 aliphatic carbocycles. The number of thiophene rings is 1. The second-order valence-electron chi connectivity index (χ2n) is 11.3. The van der Waals surface area contributed by atoms with Crippen LogP contribution in [-0.2, 0) is 0 Å². The monoisotopic (exact) mass is 607 g/mol. The SMILES string of the molecule is c1ccc(-c2cccc(-c3cc(-c4cccc5sc6cc(-c7nc8ccccc8o7)ccc6c45)nc(-c4ccccc4)n3)c2)cc1. The van der Waals surface area contributed by atoms with Crippen LogP contribution in [0.1, 0.15) is 0 Å². The number of aromatic nitrogens is 3. The minimum Gasteiger partial charge on any atom is -0.436 e. The molecule has 0 amide bonds. The van der Waals surface area contributed by atoms with E-state index in [4.69, 9.17) is 19.4 Å². The molecule has 6 aromatic carbocycles. The molecule has 0 N–H and O–H groups in total. The fourth-order valence-corrected chi connectivity index (χ4v) is 7.28. The van der Waals surface area contributed by atoms with Gasteiger partial charge in [0.25, 0.3) is 0 Å². The lowest BCUT2D eigenvalue weighted by Gasteiger charge is -2.11. The minimum absolute atomic E-state index is 0.631. The van der Waals surface area contributed by atoms with Crippen molar-refractivity contribution in [2.24, 2.45) is 0 Å². The third-order valence-corrected chi connectivity index (χ3v) is 9.46. The predicted molar refractivity (Wildman–Crippen MR) is 190 cm³/mol. The highest BCUT2D eigenvalue weighted by Gasteiger charge is 2.17. The molecule has 0 saturated heterocycles. The van der Waals surface area contributed by atoms with Gasteiger partial charge < -0.3 is 4.42 Å². The molecule has 0 radical (unpaired) electrons. The quantitative estimate of drug-likeness (QED) is 0.195. The standard InChI is InChI=1S/C41H25N3OS/c1-3-11-26(12-4-1)28-15-9-16-29(23-28)34-25-35(43-40(42-34)27-13-5-2-6-14-27)31-17-10-20-37-39(31)32-22-21-30(24-38(32)46-37)41-44-33-18-7-8-19-36(33)45-41/h1-25H. The van der Waals surface area contributed by atoms with E-state index < -0.39 is 0 Å². The molecular weight excluding hydrogens is 583 g/mol. The molecule has 46 heavy (non-hydrogen) atoms. The zero-order valence-electron chi connectivity index (χ0n) is 24.6. The molecule has 216 valence electrons. The normalized spacial score (nSPS) is 11.5. The fraction of sp³-hybridized carbons (Fsp3) is 0. The smallest absolute Gasteiger partial charge is 0.227 e. The number of oxazole rings is 1. The van der Waals surface area contributed by atoms with Crippen LogP contribution in [0.3, 0.4) is 0 Å².